The van der Waals surface area contributed by atoms with E-state index in [1.54, 1.807) is 0 Å². The van der Waals surface area contributed by atoms with Gasteiger partial charge >= 0.3 is 5.97 Å². The highest BCUT2D eigenvalue weighted by atomic mass is 32.2. The molecular weight excluding hydrogens is 314 g/mol. The molecule has 0 aliphatic carbocycles. The number of aliphatic carboxylic acids is 1. The molecule has 0 bridgehead atoms. The standard InChI is InChI=1S/C12H19N3O6S/c1-7-11(9(3)21-13-7)22(19,20)14-8(2)12(18)15(4)6-5-10(16)17/h8,14H,5-6H2,1-4H3,(H,16,17). The number of nitrogens with one attached hydrogen (secondary N) is 1. The number of aryl methyl sites for hydroxylation is 2. The Morgan fingerprint density at radius 2 is 2.00 bits per heavy atom. The number of hydrogen-bond acceptors (Lipinski definition) is 6. The van der Waals surface area contributed by atoms with Gasteiger partial charge in [-0.25, -0.2) is 8.42 Å². The summed E-state index contributed by atoms with van der Waals surface area (Å²) in [6, 6.07) is -1.04. The normalized spacial score (nSPS) is 12.9. The highest BCUT2D eigenvalue weighted by molar-refractivity contribution is 7.89. The van der Waals surface area contributed by atoms with E-state index < -0.39 is 27.9 Å². The van der Waals surface area contributed by atoms with Crippen molar-refractivity contribution in [2.75, 3.05) is 13.6 Å². The summed E-state index contributed by atoms with van der Waals surface area (Å²) in [4.78, 5) is 23.6. The molecule has 1 aromatic heterocycles. The first-order valence-electron chi connectivity index (χ1n) is 6.48. The van der Waals surface area contributed by atoms with Crippen LogP contribution in [0.1, 0.15) is 24.8 Å². The van der Waals surface area contributed by atoms with Crippen molar-refractivity contribution in [2.45, 2.75) is 38.1 Å². The van der Waals surface area contributed by atoms with E-state index >= 15 is 0 Å². The molecule has 22 heavy (non-hydrogen) atoms. The van der Waals surface area contributed by atoms with Gasteiger partial charge in [-0.05, 0) is 20.8 Å². The summed E-state index contributed by atoms with van der Waals surface area (Å²) in [5.74, 6) is -1.44. The lowest BCUT2D eigenvalue weighted by Gasteiger charge is -2.21. The molecule has 9 nitrogen and oxygen atoms in total. The van der Waals surface area contributed by atoms with Crippen LogP contribution in [-0.4, -0.2) is 55.1 Å². The molecule has 0 saturated heterocycles. The van der Waals surface area contributed by atoms with Gasteiger partial charge in [0.2, 0.25) is 15.9 Å². The molecule has 124 valence electrons. The Morgan fingerprint density at radius 1 is 1.41 bits per heavy atom. The zero-order valence-electron chi connectivity index (χ0n) is 12.8. The fourth-order valence-electron chi connectivity index (χ4n) is 1.90. The van der Waals surface area contributed by atoms with E-state index in [1.807, 2.05) is 0 Å². The van der Waals surface area contributed by atoms with Gasteiger partial charge in [0, 0.05) is 13.6 Å². The monoisotopic (exact) mass is 333 g/mol. The van der Waals surface area contributed by atoms with Gasteiger partial charge in [0.25, 0.3) is 0 Å². The quantitative estimate of drug-likeness (QED) is 0.712. The van der Waals surface area contributed by atoms with Crippen LogP contribution in [0.25, 0.3) is 0 Å². The molecule has 0 fully saturated rings. The molecule has 1 amide bonds. The molecule has 2 N–H and O–H groups in total. The van der Waals surface area contributed by atoms with Crippen LogP contribution in [0.5, 0.6) is 0 Å². The molecule has 0 spiro atoms. The highest BCUT2D eigenvalue weighted by Gasteiger charge is 2.29. The Morgan fingerprint density at radius 3 is 2.45 bits per heavy atom. The van der Waals surface area contributed by atoms with Gasteiger partial charge < -0.3 is 14.5 Å². The number of aromatic nitrogens is 1. The Bertz CT molecular complexity index is 647. The maximum atomic E-state index is 12.3. The molecule has 0 radical (unpaired) electrons. The molecule has 0 aliphatic rings. The topological polar surface area (TPSA) is 130 Å². The molecular formula is C12H19N3O6S. The van der Waals surface area contributed by atoms with Gasteiger partial charge in [-0.15, -0.1) is 0 Å². The fraction of sp³-hybridized carbons (Fsp3) is 0.583. The van der Waals surface area contributed by atoms with Crippen molar-refractivity contribution in [2.24, 2.45) is 0 Å². The molecule has 0 saturated carbocycles. The lowest BCUT2D eigenvalue weighted by molar-refractivity contribution is -0.138. The number of sulfonamides is 1. The first-order chi connectivity index (χ1) is 10.1. The second-order valence-corrected chi connectivity index (χ2v) is 6.55. The number of carbonyl (C=O) groups excluding carboxylic acids is 1. The van der Waals surface area contributed by atoms with E-state index in [0.717, 1.165) is 4.90 Å². The minimum absolute atomic E-state index is 0.00838. The predicted octanol–water partition coefficient (Wildman–Crippen LogP) is -0.109. The second-order valence-electron chi connectivity index (χ2n) is 4.90. The van der Waals surface area contributed by atoms with E-state index in [0.29, 0.717) is 0 Å². The van der Waals surface area contributed by atoms with E-state index in [1.165, 1.54) is 27.8 Å². The summed E-state index contributed by atoms with van der Waals surface area (Å²) in [5.41, 5.74) is 0.198. The van der Waals surface area contributed by atoms with E-state index in [2.05, 4.69) is 9.88 Å². The minimum atomic E-state index is -3.96. The van der Waals surface area contributed by atoms with Crippen molar-refractivity contribution in [3.8, 4) is 0 Å². The molecule has 10 heteroatoms. The van der Waals surface area contributed by atoms with Crippen LogP contribution in [0.4, 0.5) is 0 Å². The van der Waals surface area contributed by atoms with E-state index in [4.69, 9.17) is 9.63 Å². The molecule has 1 atom stereocenters. The van der Waals surface area contributed by atoms with Gasteiger partial charge in [-0.2, -0.15) is 4.72 Å². The van der Waals surface area contributed by atoms with Gasteiger partial charge in [-0.1, -0.05) is 5.16 Å². The van der Waals surface area contributed by atoms with Crippen molar-refractivity contribution in [1.29, 1.82) is 0 Å². The van der Waals surface area contributed by atoms with Crippen LogP contribution in [0, 0.1) is 13.8 Å². The maximum absolute atomic E-state index is 12.3. The predicted molar refractivity (Wildman–Crippen MR) is 75.7 cm³/mol. The minimum Gasteiger partial charge on any atom is -0.481 e. The third-order valence-electron chi connectivity index (χ3n) is 2.98. The van der Waals surface area contributed by atoms with Gasteiger partial charge in [-0.3, -0.25) is 9.59 Å². The molecule has 1 heterocycles. The van der Waals surface area contributed by atoms with Crippen molar-refractivity contribution in [3.05, 3.63) is 11.5 Å². The average Bonchev–Trinajstić information content (AvgIpc) is 2.74. The Hall–Kier alpha value is -1.94. The zero-order chi connectivity index (χ0) is 17.1. The molecule has 0 aliphatic heterocycles. The molecule has 0 aromatic carbocycles. The molecule has 1 aromatic rings. The number of carboxylic acids is 1. The van der Waals surface area contributed by atoms with Gasteiger partial charge in [0.1, 0.15) is 10.6 Å². The number of nitrogens with zero attached hydrogens (tertiary/aromatic N) is 2. The number of carboxylic acid groups (broad SMARTS) is 1. The summed E-state index contributed by atoms with van der Waals surface area (Å²) in [5, 5.41) is 12.2. The lowest BCUT2D eigenvalue weighted by Crippen LogP contribution is -2.46. The summed E-state index contributed by atoms with van der Waals surface area (Å²) in [6.45, 7) is 4.32. The van der Waals surface area contributed by atoms with Crippen LogP contribution in [0.2, 0.25) is 0 Å². The van der Waals surface area contributed by atoms with Crippen molar-refractivity contribution in [3.63, 3.8) is 0 Å². The first kappa shape index (κ1) is 18.1. The van der Waals surface area contributed by atoms with Crippen LogP contribution < -0.4 is 4.72 Å². The van der Waals surface area contributed by atoms with Crippen LogP contribution in [0.15, 0.2) is 9.42 Å². The Balaban J connectivity index is 2.81. The summed E-state index contributed by atoms with van der Waals surface area (Å²) in [6.07, 6.45) is -0.217. The third kappa shape index (κ3) is 4.28. The number of amides is 1. The highest BCUT2D eigenvalue weighted by Crippen LogP contribution is 2.19. The van der Waals surface area contributed by atoms with Crippen LogP contribution in [0.3, 0.4) is 0 Å². The summed E-state index contributed by atoms with van der Waals surface area (Å²) in [7, 11) is -2.55. The molecule has 1 unspecified atom stereocenters. The van der Waals surface area contributed by atoms with Gasteiger partial charge in [0.05, 0.1) is 12.5 Å². The number of hydrogen-bond donors (Lipinski definition) is 2. The molecule has 1 rings (SSSR count). The first-order valence-corrected chi connectivity index (χ1v) is 7.96. The van der Waals surface area contributed by atoms with Crippen molar-refractivity contribution < 1.29 is 27.6 Å². The number of likely N-dealkylation sites (N-methyl/N-ethyl adjacent to an activating group) is 1. The third-order valence-corrected chi connectivity index (χ3v) is 4.76. The Kier molecular flexibility index (Phi) is 5.66. The van der Waals surface area contributed by atoms with E-state index in [-0.39, 0.29) is 29.3 Å². The zero-order valence-corrected chi connectivity index (χ0v) is 13.6. The SMILES string of the molecule is Cc1noc(C)c1S(=O)(=O)NC(C)C(=O)N(C)CCC(=O)O. The second kappa shape index (κ2) is 6.88. The summed E-state index contributed by atoms with van der Waals surface area (Å²) >= 11 is 0. The smallest absolute Gasteiger partial charge is 0.305 e. The Labute approximate surface area is 128 Å². The fourth-order valence-corrected chi connectivity index (χ4v) is 3.43. The van der Waals surface area contributed by atoms with E-state index in [9.17, 15) is 18.0 Å². The van der Waals surface area contributed by atoms with Crippen LogP contribution in [-0.2, 0) is 19.6 Å². The average molecular weight is 333 g/mol. The van der Waals surface area contributed by atoms with Crippen molar-refractivity contribution in [1.82, 2.24) is 14.8 Å². The van der Waals surface area contributed by atoms with Crippen LogP contribution >= 0.6 is 0 Å². The number of rotatable bonds is 7. The van der Waals surface area contributed by atoms with Crippen molar-refractivity contribution >= 4 is 21.9 Å². The lowest BCUT2D eigenvalue weighted by atomic mass is 10.3. The number of carbonyl (C=O) groups is 2. The maximum Gasteiger partial charge on any atom is 0.305 e. The summed E-state index contributed by atoms with van der Waals surface area (Å²) < 4.78 is 31.6. The van der Waals surface area contributed by atoms with Gasteiger partial charge in [0.15, 0.2) is 5.76 Å². The largest absolute Gasteiger partial charge is 0.481 e.